The highest BCUT2D eigenvalue weighted by Gasteiger charge is 2.19. The quantitative estimate of drug-likeness (QED) is 0.659. The molecule has 0 radical (unpaired) electrons. The Balaban J connectivity index is 1.68. The highest BCUT2D eigenvalue weighted by atomic mass is 16.3. The lowest BCUT2D eigenvalue weighted by Gasteiger charge is -2.19. The third-order valence-electron chi connectivity index (χ3n) is 5.43. The van der Waals surface area contributed by atoms with Gasteiger partial charge in [-0.25, -0.2) is 0 Å². The van der Waals surface area contributed by atoms with Crippen molar-refractivity contribution in [2.45, 2.75) is 39.0 Å². The van der Waals surface area contributed by atoms with Gasteiger partial charge in [-0.2, -0.15) is 5.10 Å². The summed E-state index contributed by atoms with van der Waals surface area (Å²) >= 11 is 0. The van der Waals surface area contributed by atoms with Crippen LogP contribution in [0.3, 0.4) is 0 Å². The molecule has 0 saturated carbocycles. The van der Waals surface area contributed by atoms with Gasteiger partial charge in [0.05, 0.1) is 5.69 Å². The summed E-state index contributed by atoms with van der Waals surface area (Å²) in [5, 5.41) is 17.5. The van der Waals surface area contributed by atoms with E-state index in [9.17, 15) is 9.90 Å². The molecule has 1 aliphatic rings. The van der Waals surface area contributed by atoms with Crippen LogP contribution in [0.15, 0.2) is 66.5 Å². The van der Waals surface area contributed by atoms with Crippen molar-refractivity contribution in [1.29, 1.82) is 0 Å². The Morgan fingerprint density at radius 2 is 2.03 bits per heavy atom. The molecule has 1 heterocycles. The minimum atomic E-state index is -0.153. The highest BCUT2D eigenvalue weighted by molar-refractivity contribution is 5.93. The van der Waals surface area contributed by atoms with E-state index in [4.69, 9.17) is 0 Å². The van der Waals surface area contributed by atoms with Crippen LogP contribution in [0.2, 0.25) is 0 Å². The van der Waals surface area contributed by atoms with E-state index in [0.29, 0.717) is 30.8 Å². The third kappa shape index (κ3) is 4.90. The number of aryl methyl sites for hydroxylation is 1. The van der Waals surface area contributed by atoms with Gasteiger partial charge in [-0.05, 0) is 47.5 Å². The molecule has 1 aromatic carbocycles. The lowest BCUT2D eigenvalue weighted by molar-refractivity contribution is 0.0940. The smallest absolute Gasteiger partial charge is 0.269 e. The lowest BCUT2D eigenvalue weighted by Crippen LogP contribution is -2.30. The lowest BCUT2D eigenvalue weighted by atomic mass is 9.86. The van der Waals surface area contributed by atoms with E-state index in [2.05, 4.69) is 62.0 Å². The molecule has 2 N–H and O–H groups in total. The summed E-state index contributed by atoms with van der Waals surface area (Å²) in [4.78, 5) is 12.7. The molecule has 0 bridgehead atoms. The van der Waals surface area contributed by atoms with E-state index in [1.54, 1.807) is 23.9 Å². The van der Waals surface area contributed by atoms with E-state index in [1.807, 2.05) is 12.1 Å². The molecule has 5 nitrogen and oxygen atoms in total. The zero-order valence-corrected chi connectivity index (χ0v) is 18.3. The molecule has 5 heteroatoms. The van der Waals surface area contributed by atoms with Crippen LogP contribution in [-0.4, -0.2) is 27.3 Å². The van der Waals surface area contributed by atoms with Crippen LogP contribution in [0.4, 0.5) is 0 Å². The Labute approximate surface area is 178 Å². The normalized spacial score (nSPS) is 16.6. The van der Waals surface area contributed by atoms with E-state index in [0.717, 1.165) is 16.8 Å². The SMILES string of the molecule is C=CCC1=CC(CNC(=O)c2cc(-c3ccc(C(C)(C)C)cc3)nn2C)CC=C1O. The molecule has 3 rings (SSSR count). The largest absolute Gasteiger partial charge is 0.508 e. The molecule has 2 aromatic rings. The fourth-order valence-corrected chi connectivity index (χ4v) is 3.58. The van der Waals surface area contributed by atoms with Crippen molar-refractivity contribution in [3.05, 3.63) is 77.7 Å². The predicted octanol–water partition coefficient (Wildman–Crippen LogP) is 5.08. The first kappa shape index (κ1) is 21.6. The Morgan fingerprint density at radius 3 is 2.67 bits per heavy atom. The molecule has 1 atom stereocenters. The van der Waals surface area contributed by atoms with Gasteiger partial charge in [-0.1, -0.05) is 57.2 Å². The average Bonchev–Trinajstić information content (AvgIpc) is 3.10. The number of hydrogen-bond acceptors (Lipinski definition) is 3. The highest BCUT2D eigenvalue weighted by Crippen LogP contribution is 2.26. The number of allylic oxidation sites excluding steroid dienone is 3. The van der Waals surface area contributed by atoms with Crippen molar-refractivity contribution in [3.63, 3.8) is 0 Å². The van der Waals surface area contributed by atoms with Gasteiger partial charge in [0, 0.05) is 19.2 Å². The van der Waals surface area contributed by atoms with Crippen molar-refractivity contribution < 1.29 is 9.90 Å². The molecule has 1 aromatic heterocycles. The monoisotopic (exact) mass is 405 g/mol. The first-order valence-corrected chi connectivity index (χ1v) is 10.3. The summed E-state index contributed by atoms with van der Waals surface area (Å²) in [5.41, 5.74) is 4.51. The molecule has 1 aliphatic carbocycles. The van der Waals surface area contributed by atoms with Gasteiger partial charge in [0.25, 0.3) is 5.91 Å². The summed E-state index contributed by atoms with van der Waals surface area (Å²) in [6.45, 7) is 10.8. The fourth-order valence-electron chi connectivity index (χ4n) is 3.58. The third-order valence-corrected chi connectivity index (χ3v) is 5.43. The van der Waals surface area contributed by atoms with Gasteiger partial charge < -0.3 is 10.4 Å². The molecule has 0 fully saturated rings. The summed E-state index contributed by atoms with van der Waals surface area (Å²) in [6.07, 6.45) is 6.90. The number of aromatic nitrogens is 2. The molecule has 1 unspecified atom stereocenters. The van der Waals surface area contributed by atoms with E-state index < -0.39 is 0 Å². The van der Waals surface area contributed by atoms with Gasteiger partial charge in [0.2, 0.25) is 0 Å². The van der Waals surface area contributed by atoms with Crippen LogP contribution in [0.25, 0.3) is 11.3 Å². The second kappa shape index (κ2) is 8.74. The number of hydrogen-bond donors (Lipinski definition) is 2. The van der Waals surface area contributed by atoms with Crippen molar-refractivity contribution in [2.24, 2.45) is 13.0 Å². The topological polar surface area (TPSA) is 67.2 Å². The van der Waals surface area contributed by atoms with Crippen LogP contribution < -0.4 is 5.32 Å². The van der Waals surface area contributed by atoms with Crippen LogP contribution in [-0.2, 0) is 12.5 Å². The average molecular weight is 406 g/mol. The minimum absolute atomic E-state index is 0.0960. The standard InChI is InChI=1S/C25H31N3O2/c1-6-7-19-14-17(8-13-23(19)29)16-26-24(30)22-15-21(27-28(22)5)18-9-11-20(12-10-18)25(2,3)4/h6,9-15,17,29H,1,7-8,16H2,2-5H3,(H,26,30). The number of amides is 1. The number of aliphatic hydroxyl groups is 1. The van der Waals surface area contributed by atoms with Crippen molar-refractivity contribution in [3.8, 4) is 11.3 Å². The van der Waals surface area contributed by atoms with Crippen molar-refractivity contribution >= 4 is 5.91 Å². The zero-order chi connectivity index (χ0) is 21.9. The number of aliphatic hydroxyl groups excluding tert-OH is 1. The van der Waals surface area contributed by atoms with E-state index in [-0.39, 0.29) is 17.2 Å². The Hall–Kier alpha value is -3.08. The van der Waals surface area contributed by atoms with Crippen molar-refractivity contribution in [2.75, 3.05) is 6.54 Å². The first-order valence-electron chi connectivity index (χ1n) is 10.3. The molecule has 0 spiro atoms. The number of carbonyl (C=O) groups excluding carboxylic acids is 1. The number of carbonyl (C=O) groups is 1. The minimum Gasteiger partial charge on any atom is -0.508 e. The molecular weight excluding hydrogens is 374 g/mol. The molecule has 1 amide bonds. The summed E-state index contributed by atoms with van der Waals surface area (Å²) < 4.78 is 1.62. The van der Waals surface area contributed by atoms with E-state index in [1.165, 1.54) is 5.56 Å². The first-order chi connectivity index (χ1) is 14.2. The van der Waals surface area contributed by atoms with Gasteiger partial charge in [-0.15, -0.1) is 6.58 Å². The molecular formula is C25H31N3O2. The van der Waals surface area contributed by atoms with Crippen LogP contribution in [0.5, 0.6) is 0 Å². The molecule has 30 heavy (non-hydrogen) atoms. The van der Waals surface area contributed by atoms with Gasteiger partial charge in [-0.3, -0.25) is 9.48 Å². The maximum Gasteiger partial charge on any atom is 0.269 e. The molecule has 0 aliphatic heterocycles. The maximum atomic E-state index is 12.7. The second-order valence-electron chi connectivity index (χ2n) is 8.85. The van der Waals surface area contributed by atoms with Gasteiger partial charge >= 0.3 is 0 Å². The Bertz CT molecular complexity index is 988. The second-order valence-corrected chi connectivity index (χ2v) is 8.85. The Morgan fingerprint density at radius 1 is 1.33 bits per heavy atom. The summed E-state index contributed by atoms with van der Waals surface area (Å²) in [7, 11) is 1.78. The summed E-state index contributed by atoms with van der Waals surface area (Å²) in [5.74, 6) is 0.309. The van der Waals surface area contributed by atoms with Crippen molar-refractivity contribution in [1.82, 2.24) is 15.1 Å². The predicted molar refractivity (Wildman–Crippen MR) is 121 cm³/mol. The molecule has 0 saturated heterocycles. The van der Waals surface area contributed by atoms with Crippen LogP contribution >= 0.6 is 0 Å². The number of benzene rings is 1. The summed E-state index contributed by atoms with van der Waals surface area (Å²) in [6, 6.07) is 10.2. The van der Waals surface area contributed by atoms with Gasteiger partial charge in [0.1, 0.15) is 11.5 Å². The van der Waals surface area contributed by atoms with E-state index >= 15 is 0 Å². The van der Waals surface area contributed by atoms with Crippen LogP contribution in [0.1, 0.15) is 49.7 Å². The van der Waals surface area contributed by atoms with Gasteiger partial charge in [0.15, 0.2) is 0 Å². The fraction of sp³-hybridized carbons (Fsp3) is 0.360. The number of nitrogens with one attached hydrogen (secondary N) is 1. The number of rotatable bonds is 6. The zero-order valence-electron chi connectivity index (χ0n) is 18.3. The Kier molecular flexibility index (Phi) is 6.30. The number of nitrogens with zero attached hydrogens (tertiary/aromatic N) is 2. The molecule has 158 valence electrons. The maximum absolute atomic E-state index is 12.7. The van der Waals surface area contributed by atoms with Crippen LogP contribution in [0, 0.1) is 5.92 Å².